The highest BCUT2D eigenvalue weighted by molar-refractivity contribution is 6.30. The fourth-order valence-corrected chi connectivity index (χ4v) is 3.39. The van der Waals surface area contributed by atoms with Crippen LogP contribution in [0.5, 0.6) is 0 Å². The zero-order valence-electron chi connectivity index (χ0n) is 14.6. The lowest BCUT2D eigenvalue weighted by Gasteiger charge is -2.38. The number of piperidine rings is 1. The molecule has 3 rings (SSSR count). The summed E-state index contributed by atoms with van der Waals surface area (Å²) in [6.45, 7) is 3.47. The number of likely N-dealkylation sites (tertiary alicyclic amines) is 1. The molecule has 2 heterocycles. The smallest absolute Gasteiger partial charge is 0.255 e. The highest BCUT2D eigenvalue weighted by Gasteiger charge is 2.29. The van der Waals surface area contributed by atoms with Crippen molar-refractivity contribution in [3.63, 3.8) is 0 Å². The normalized spacial score (nSPS) is 19.3. The van der Waals surface area contributed by atoms with Gasteiger partial charge in [0.05, 0.1) is 5.56 Å². The number of rotatable bonds is 3. The Kier molecular flexibility index (Phi) is 8.84. The number of hydrogen-bond donors (Lipinski definition) is 1. The van der Waals surface area contributed by atoms with E-state index < -0.39 is 0 Å². The average molecular weight is 417 g/mol. The van der Waals surface area contributed by atoms with Gasteiger partial charge in [-0.1, -0.05) is 30.7 Å². The number of amides is 1. The molecule has 2 atom stereocenters. The number of hydrogen-bond acceptors (Lipinski definition) is 3. The van der Waals surface area contributed by atoms with Gasteiger partial charge in [0.15, 0.2) is 0 Å². The maximum atomic E-state index is 12.9. The summed E-state index contributed by atoms with van der Waals surface area (Å²) in [7, 11) is 0. The van der Waals surface area contributed by atoms with Gasteiger partial charge in [0.25, 0.3) is 5.91 Å². The first-order chi connectivity index (χ1) is 11.6. The summed E-state index contributed by atoms with van der Waals surface area (Å²) in [4.78, 5) is 19.1. The third kappa shape index (κ3) is 5.10. The van der Waals surface area contributed by atoms with E-state index in [9.17, 15) is 4.79 Å². The molecular formula is C19H24Cl3N3O. The van der Waals surface area contributed by atoms with Crippen LogP contribution in [-0.2, 0) is 0 Å². The molecule has 0 spiro atoms. The maximum Gasteiger partial charge on any atom is 0.255 e. The Bertz CT molecular complexity index is 724. The van der Waals surface area contributed by atoms with Crippen LogP contribution in [0.3, 0.4) is 0 Å². The number of carbonyl (C=O) groups excluding carboxylic acids is 1. The van der Waals surface area contributed by atoms with E-state index in [1.807, 2.05) is 35.2 Å². The molecule has 2 aromatic rings. The molecule has 0 radical (unpaired) electrons. The maximum absolute atomic E-state index is 12.9. The Morgan fingerprint density at radius 3 is 2.58 bits per heavy atom. The van der Waals surface area contributed by atoms with Crippen molar-refractivity contribution < 1.29 is 4.79 Å². The van der Waals surface area contributed by atoms with Crippen LogP contribution in [0.4, 0.5) is 0 Å². The molecule has 1 saturated heterocycles. The van der Waals surface area contributed by atoms with Gasteiger partial charge in [0.1, 0.15) is 0 Å². The van der Waals surface area contributed by atoms with E-state index >= 15 is 0 Å². The second-order valence-electron chi connectivity index (χ2n) is 6.49. The van der Waals surface area contributed by atoms with Crippen molar-refractivity contribution in [2.45, 2.75) is 25.8 Å². The largest absolute Gasteiger partial charge is 0.334 e. The number of nitrogens with zero attached hydrogens (tertiary/aromatic N) is 2. The lowest BCUT2D eigenvalue weighted by atomic mass is 9.92. The van der Waals surface area contributed by atoms with Gasteiger partial charge < -0.3 is 10.6 Å². The first-order valence-corrected chi connectivity index (χ1v) is 8.68. The van der Waals surface area contributed by atoms with E-state index in [2.05, 4.69) is 11.9 Å². The number of nitrogens with two attached hydrogens (primary N) is 1. The van der Waals surface area contributed by atoms with Crippen LogP contribution < -0.4 is 5.73 Å². The Labute approximate surface area is 171 Å². The van der Waals surface area contributed by atoms with Crippen molar-refractivity contribution >= 4 is 42.3 Å². The Morgan fingerprint density at radius 1 is 1.23 bits per heavy atom. The van der Waals surface area contributed by atoms with Crippen LogP contribution in [0.1, 0.15) is 30.1 Å². The van der Waals surface area contributed by atoms with Crippen LogP contribution in [-0.4, -0.2) is 34.9 Å². The Hall–Kier alpha value is -1.33. The van der Waals surface area contributed by atoms with Gasteiger partial charge in [0.2, 0.25) is 0 Å². The SMILES string of the molecule is CC1CCN(C(=O)c2cncc(-c3ccc(Cl)cc3)c2)C(CN)C1.Cl.Cl. The van der Waals surface area contributed by atoms with E-state index in [4.69, 9.17) is 17.3 Å². The summed E-state index contributed by atoms with van der Waals surface area (Å²) in [6, 6.07) is 9.53. The minimum absolute atomic E-state index is 0. The number of halogens is 3. The van der Waals surface area contributed by atoms with E-state index in [0.29, 0.717) is 23.0 Å². The summed E-state index contributed by atoms with van der Waals surface area (Å²) in [5.41, 5.74) is 8.39. The molecule has 1 aromatic carbocycles. The van der Waals surface area contributed by atoms with Gasteiger partial charge in [-0.25, -0.2) is 0 Å². The molecule has 0 aliphatic carbocycles. The standard InChI is InChI=1S/C19H22ClN3O.2ClH/c1-13-6-7-23(18(8-13)10-21)19(24)16-9-15(11-22-12-16)14-2-4-17(20)5-3-14;;/h2-5,9,11-13,18H,6-8,10,21H2,1H3;2*1H. The lowest BCUT2D eigenvalue weighted by molar-refractivity contribution is 0.0573. The molecule has 2 N–H and O–H groups in total. The first kappa shape index (κ1) is 22.7. The summed E-state index contributed by atoms with van der Waals surface area (Å²) in [6.07, 6.45) is 5.38. The zero-order chi connectivity index (χ0) is 17.1. The minimum Gasteiger partial charge on any atom is -0.334 e. The van der Waals surface area contributed by atoms with Crippen molar-refractivity contribution in [2.75, 3.05) is 13.1 Å². The minimum atomic E-state index is 0. The Balaban J connectivity index is 0.00000169. The van der Waals surface area contributed by atoms with E-state index in [1.54, 1.807) is 12.4 Å². The number of pyridine rings is 1. The predicted molar refractivity (Wildman–Crippen MR) is 111 cm³/mol. The molecule has 1 aliphatic heterocycles. The fourth-order valence-electron chi connectivity index (χ4n) is 3.27. The van der Waals surface area contributed by atoms with Crippen LogP contribution in [0, 0.1) is 5.92 Å². The lowest BCUT2D eigenvalue weighted by Crippen LogP contribution is -2.49. The summed E-state index contributed by atoms with van der Waals surface area (Å²) < 4.78 is 0. The second-order valence-corrected chi connectivity index (χ2v) is 6.92. The van der Waals surface area contributed by atoms with Gasteiger partial charge in [-0.3, -0.25) is 9.78 Å². The molecule has 1 aliphatic rings. The van der Waals surface area contributed by atoms with Crippen molar-refractivity contribution in [3.05, 3.63) is 53.3 Å². The summed E-state index contributed by atoms with van der Waals surface area (Å²) >= 11 is 5.94. The van der Waals surface area contributed by atoms with Gasteiger partial charge in [-0.05, 0) is 42.5 Å². The van der Waals surface area contributed by atoms with Crippen LogP contribution in [0.25, 0.3) is 11.1 Å². The quantitative estimate of drug-likeness (QED) is 0.804. The number of carbonyl (C=O) groups is 1. The number of aromatic nitrogens is 1. The summed E-state index contributed by atoms with van der Waals surface area (Å²) in [5.74, 6) is 0.627. The Morgan fingerprint density at radius 2 is 1.92 bits per heavy atom. The van der Waals surface area contributed by atoms with Crippen molar-refractivity contribution in [1.29, 1.82) is 0 Å². The van der Waals surface area contributed by atoms with Crippen molar-refractivity contribution in [2.24, 2.45) is 11.7 Å². The van der Waals surface area contributed by atoms with Gasteiger partial charge in [-0.2, -0.15) is 0 Å². The fraction of sp³-hybridized carbons (Fsp3) is 0.368. The average Bonchev–Trinajstić information content (AvgIpc) is 2.61. The van der Waals surface area contributed by atoms with Crippen LogP contribution in [0.2, 0.25) is 5.02 Å². The van der Waals surface area contributed by atoms with Gasteiger partial charge in [-0.15, -0.1) is 24.8 Å². The number of benzene rings is 1. The molecule has 1 fully saturated rings. The second kappa shape index (κ2) is 10.1. The van der Waals surface area contributed by atoms with Crippen LogP contribution >= 0.6 is 36.4 Å². The van der Waals surface area contributed by atoms with E-state index in [1.165, 1.54) is 0 Å². The molecule has 2 unspecified atom stereocenters. The third-order valence-electron chi connectivity index (χ3n) is 4.67. The first-order valence-electron chi connectivity index (χ1n) is 8.30. The van der Waals surface area contributed by atoms with Gasteiger partial charge in [0, 0.05) is 42.1 Å². The van der Waals surface area contributed by atoms with Crippen molar-refractivity contribution in [1.82, 2.24) is 9.88 Å². The molecule has 0 bridgehead atoms. The zero-order valence-corrected chi connectivity index (χ0v) is 17.0. The molecular weight excluding hydrogens is 393 g/mol. The third-order valence-corrected chi connectivity index (χ3v) is 4.93. The van der Waals surface area contributed by atoms with E-state index in [-0.39, 0.29) is 36.8 Å². The topological polar surface area (TPSA) is 59.2 Å². The van der Waals surface area contributed by atoms with Crippen molar-refractivity contribution in [3.8, 4) is 11.1 Å². The summed E-state index contributed by atoms with van der Waals surface area (Å²) in [5, 5.41) is 0.687. The highest BCUT2D eigenvalue weighted by atomic mass is 35.5. The van der Waals surface area contributed by atoms with E-state index in [0.717, 1.165) is 30.5 Å². The van der Waals surface area contributed by atoms with Crippen LogP contribution in [0.15, 0.2) is 42.7 Å². The predicted octanol–water partition coefficient (Wildman–Crippen LogP) is 4.45. The highest BCUT2D eigenvalue weighted by Crippen LogP contribution is 2.26. The molecule has 142 valence electrons. The molecule has 4 nitrogen and oxygen atoms in total. The molecule has 1 aromatic heterocycles. The molecule has 0 saturated carbocycles. The van der Waals surface area contributed by atoms with Gasteiger partial charge >= 0.3 is 0 Å². The molecule has 1 amide bonds. The molecule has 7 heteroatoms. The monoisotopic (exact) mass is 415 g/mol. The molecule has 26 heavy (non-hydrogen) atoms.